The van der Waals surface area contributed by atoms with Crippen LogP contribution in [-0.2, 0) is 0 Å². The zero-order valence-electron chi connectivity index (χ0n) is 10.7. The fourth-order valence-corrected chi connectivity index (χ4v) is 1.65. The van der Waals surface area contributed by atoms with Gasteiger partial charge in [0.1, 0.15) is 11.5 Å². The Labute approximate surface area is 115 Å². The van der Waals surface area contributed by atoms with Crippen molar-refractivity contribution in [1.29, 1.82) is 0 Å². The Morgan fingerprint density at radius 3 is 2.65 bits per heavy atom. The third kappa shape index (κ3) is 3.11. The number of amides is 1. The molecule has 1 aromatic carbocycles. The SMILES string of the molecule is Cc1cc(O)cc(O)c1C=NNC(=O)c1ccncc1. The van der Waals surface area contributed by atoms with Crippen molar-refractivity contribution in [3.8, 4) is 11.5 Å². The fourth-order valence-electron chi connectivity index (χ4n) is 1.65. The molecule has 0 fully saturated rings. The van der Waals surface area contributed by atoms with E-state index in [1.54, 1.807) is 19.1 Å². The maximum absolute atomic E-state index is 11.7. The van der Waals surface area contributed by atoms with E-state index in [0.29, 0.717) is 16.7 Å². The number of carbonyl (C=O) groups excluding carboxylic acids is 1. The van der Waals surface area contributed by atoms with Gasteiger partial charge in [-0.3, -0.25) is 9.78 Å². The van der Waals surface area contributed by atoms with Gasteiger partial charge >= 0.3 is 0 Å². The number of phenolic OH excluding ortho intramolecular Hbond substituents is 2. The molecule has 20 heavy (non-hydrogen) atoms. The van der Waals surface area contributed by atoms with E-state index in [1.165, 1.54) is 30.7 Å². The molecule has 0 spiro atoms. The fraction of sp³-hybridized carbons (Fsp3) is 0.0714. The largest absolute Gasteiger partial charge is 0.508 e. The number of phenols is 2. The second-order valence-electron chi connectivity index (χ2n) is 4.13. The molecule has 2 rings (SSSR count). The minimum absolute atomic E-state index is 0.0297. The molecule has 0 saturated carbocycles. The van der Waals surface area contributed by atoms with Gasteiger partial charge in [0.2, 0.25) is 0 Å². The first-order valence-electron chi connectivity index (χ1n) is 5.84. The number of hydrogen-bond acceptors (Lipinski definition) is 5. The number of carbonyl (C=O) groups is 1. The summed E-state index contributed by atoms with van der Waals surface area (Å²) in [5.41, 5.74) is 3.85. The Morgan fingerprint density at radius 1 is 1.30 bits per heavy atom. The van der Waals surface area contributed by atoms with Crippen LogP contribution in [-0.4, -0.2) is 27.3 Å². The molecular formula is C14H13N3O3. The van der Waals surface area contributed by atoms with Gasteiger partial charge in [-0.15, -0.1) is 0 Å². The lowest BCUT2D eigenvalue weighted by atomic mass is 10.1. The number of pyridine rings is 1. The number of hydrazone groups is 1. The number of nitrogens with one attached hydrogen (secondary N) is 1. The Morgan fingerprint density at radius 2 is 2.00 bits per heavy atom. The molecule has 0 aliphatic carbocycles. The van der Waals surface area contributed by atoms with Gasteiger partial charge < -0.3 is 10.2 Å². The first-order valence-corrected chi connectivity index (χ1v) is 5.84. The summed E-state index contributed by atoms with van der Waals surface area (Å²) in [6.07, 6.45) is 4.34. The van der Waals surface area contributed by atoms with Gasteiger partial charge in [0.05, 0.1) is 6.21 Å². The van der Waals surface area contributed by atoms with Crippen molar-refractivity contribution in [2.45, 2.75) is 6.92 Å². The van der Waals surface area contributed by atoms with Crippen LogP contribution < -0.4 is 5.43 Å². The molecule has 102 valence electrons. The van der Waals surface area contributed by atoms with Gasteiger partial charge in [-0.05, 0) is 30.7 Å². The van der Waals surface area contributed by atoms with Crippen LogP contribution in [0.4, 0.5) is 0 Å². The molecule has 1 heterocycles. The average molecular weight is 271 g/mol. The molecule has 1 aromatic heterocycles. The third-order valence-corrected chi connectivity index (χ3v) is 2.65. The molecule has 0 saturated heterocycles. The molecule has 3 N–H and O–H groups in total. The summed E-state index contributed by atoms with van der Waals surface area (Å²) in [5.74, 6) is -0.512. The van der Waals surface area contributed by atoms with Crippen molar-refractivity contribution in [2.24, 2.45) is 5.10 Å². The van der Waals surface area contributed by atoms with Gasteiger partial charge in [-0.2, -0.15) is 5.10 Å². The van der Waals surface area contributed by atoms with Gasteiger partial charge in [0.25, 0.3) is 5.91 Å². The normalized spacial score (nSPS) is 10.7. The summed E-state index contributed by atoms with van der Waals surface area (Å²) in [6, 6.07) is 5.83. The Hall–Kier alpha value is -2.89. The van der Waals surface area contributed by atoms with Crippen LogP contribution in [0, 0.1) is 6.92 Å². The highest BCUT2D eigenvalue weighted by Gasteiger charge is 2.06. The molecule has 2 aromatic rings. The van der Waals surface area contributed by atoms with Gasteiger partial charge in [0, 0.05) is 29.6 Å². The maximum atomic E-state index is 11.7. The van der Waals surface area contributed by atoms with Crippen LogP contribution >= 0.6 is 0 Å². The van der Waals surface area contributed by atoms with Crippen molar-refractivity contribution in [1.82, 2.24) is 10.4 Å². The molecule has 6 heteroatoms. The lowest BCUT2D eigenvalue weighted by Gasteiger charge is -2.04. The predicted octanol–water partition coefficient (Wildman–Crippen LogP) is 1.57. The zero-order chi connectivity index (χ0) is 14.5. The minimum atomic E-state index is -0.375. The van der Waals surface area contributed by atoms with Gasteiger partial charge in [-0.25, -0.2) is 5.43 Å². The van der Waals surface area contributed by atoms with Crippen molar-refractivity contribution >= 4 is 12.1 Å². The molecule has 0 atom stereocenters. The van der Waals surface area contributed by atoms with Gasteiger partial charge in [-0.1, -0.05) is 0 Å². The number of aromatic nitrogens is 1. The summed E-state index contributed by atoms with van der Waals surface area (Å²) >= 11 is 0. The van der Waals surface area contributed by atoms with Crippen molar-refractivity contribution < 1.29 is 15.0 Å². The van der Waals surface area contributed by atoms with Crippen molar-refractivity contribution in [2.75, 3.05) is 0 Å². The topological polar surface area (TPSA) is 94.8 Å². The van der Waals surface area contributed by atoms with Crippen LogP contribution in [0.3, 0.4) is 0 Å². The smallest absolute Gasteiger partial charge is 0.271 e. The number of rotatable bonds is 3. The minimum Gasteiger partial charge on any atom is -0.508 e. The van der Waals surface area contributed by atoms with Crippen molar-refractivity contribution in [3.05, 3.63) is 53.3 Å². The molecule has 0 aliphatic heterocycles. The lowest BCUT2D eigenvalue weighted by Crippen LogP contribution is -2.17. The molecule has 0 radical (unpaired) electrons. The van der Waals surface area contributed by atoms with E-state index in [9.17, 15) is 15.0 Å². The number of hydrogen-bond donors (Lipinski definition) is 3. The highest BCUT2D eigenvalue weighted by Crippen LogP contribution is 2.24. The number of aromatic hydroxyl groups is 2. The van der Waals surface area contributed by atoms with E-state index in [1.807, 2.05) is 0 Å². The molecule has 1 amide bonds. The van der Waals surface area contributed by atoms with Crippen LogP contribution in [0.25, 0.3) is 0 Å². The van der Waals surface area contributed by atoms with E-state index in [4.69, 9.17) is 0 Å². The molecule has 0 bridgehead atoms. The Kier molecular flexibility index (Phi) is 3.95. The monoisotopic (exact) mass is 271 g/mol. The van der Waals surface area contributed by atoms with E-state index < -0.39 is 0 Å². The summed E-state index contributed by atoms with van der Waals surface area (Å²) in [4.78, 5) is 15.5. The van der Waals surface area contributed by atoms with E-state index in [-0.39, 0.29) is 17.4 Å². The second kappa shape index (κ2) is 5.83. The number of nitrogens with zero attached hydrogens (tertiary/aromatic N) is 2. The van der Waals surface area contributed by atoms with E-state index in [2.05, 4.69) is 15.5 Å². The highest BCUT2D eigenvalue weighted by atomic mass is 16.3. The van der Waals surface area contributed by atoms with Crippen LogP contribution in [0.2, 0.25) is 0 Å². The Bertz CT molecular complexity index is 631. The first kappa shape index (κ1) is 13.5. The van der Waals surface area contributed by atoms with Gasteiger partial charge in [0.15, 0.2) is 0 Å². The molecular weight excluding hydrogens is 258 g/mol. The molecule has 0 unspecified atom stereocenters. The highest BCUT2D eigenvalue weighted by molar-refractivity contribution is 5.95. The zero-order valence-corrected chi connectivity index (χ0v) is 10.7. The third-order valence-electron chi connectivity index (χ3n) is 2.65. The number of benzene rings is 1. The van der Waals surface area contributed by atoms with Crippen LogP contribution in [0.15, 0.2) is 41.8 Å². The van der Waals surface area contributed by atoms with Crippen LogP contribution in [0.1, 0.15) is 21.5 Å². The summed E-state index contributed by atoms with van der Waals surface area (Å²) in [5, 5.41) is 22.8. The Balaban J connectivity index is 2.10. The predicted molar refractivity (Wildman–Crippen MR) is 73.8 cm³/mol. The second-order valence-corrected chi connectivity index (χ2v) is 4.13. The quantitative estimate of drug-likeness (QED) is 0.583. The average Bonchev–Trinajstić information content (AvgIpc) is 2.42. The first-order chi connectivity index (χ1) is 9.58. The summed E-state index contributed by atoms with van der Waals surface area (Å²) in [6.45, 7) is 1.71. The lowest BCUT2D eigenvalue weighted by molar-refractivity contribution is 0.0955. The summed E-state index contributed by atoms with van der Waals surface area (Å²) < 4.78 is 0. The molecule has 0 aliphatic rings. The van der Waals surface area contributed by atoms with E-state index >= 15 is 0 Å². The molecule has 6 nitrogen and oxygen atoms in total. The summed E-state index contributed by atoms with van der Waals surface area (Å²) in [7, 11) is 0. The van der Waals surface area contributed by atoms with Crippen molar-refractivity contribution in [3.63, 3.8) is 0 Å². The number of aryl methyl sites for hydroxylation is 1. The standard InChI is InChI=1S/C14H13N3O3/c1-9-6-11(18)7-13(19)12(9)8-16-17-14(20)10-2-4-15-5-3-10/h2-8,18-19H,1H3,(H,17,20). The van der Waals surface area contributed by atoms with Crippen LogP contribution in [0.5, 0.6) is 11.5 Å². The maximum Gasteiger partial charge on any atom is 0.271 e. The van der Waals surface area contributed by atoms with E-state index in [0.717, 1.165) is 0 Å².